The SMILES string of the molecule is CN/C=C(\C=N)c1ccc2ncnc(-c3ccc(C=O)s3)c2c1. The average Bonchev–Trinajstić information content (AvgIpc) is 3.07. The Bertz CT molecular complexity index is 914. The van der Waals surface area contributed by atoms with E-state index < -0.39 is 0 Å². The summed E-state index contributed by atoms with van der Waals surface area (Å²) in [6.07, 6.45) is 5.44. The van der Waals surface area contributed by atoms with Crippen LogP contribution in [0, 0.1) is 5.41 Å². The van der Waals surface area contributed by atoms with Crippen LogP contribution in [0.1, 0.15) is 15.2 Å². The fraction of sp³-hybridized carbons (Fsp3) is 0.0588. The summed E-state index contributed by atoms with van der Waals surface area (Å²) in [7, 11) is 1.80. The molecule has 0 fully saturated rings. The minimum Gasteiger partial charge on any atom is -0.393 e. The first-order valence-corrected chi connectivity index (χ1v) is 7.77. The van der Waals surface area contributed by atoms with Crippen LogP contribution < -0.4 is 5.32 Å². The average molecular weight is 322 g/mol. The summed E-state index contributed by atoms with van der Waals surface area (Å²) in [5.41, 5.74) is 3.30. The molecule has 0 spiro atoms. The van der Waals surface area contributed by atoms with Gasteiger partial charge in [-0.15, -0.1) is 11.3 Å². The summed E-state index contributed by atoms with van der Waals surface area (Å²) >= 11 is 1.40. The van der Waals surface area contributed by atoms with E-state index in [1.165, 1.54) is 23.9 Å². The number of allylic oxidation sites excluding steroid dienone is 1. The molecule has 3 rings (SSSR count). The van der Waals surface area contributed by atoms with Crippen LogP contribution in [0.4, 0.5) is 0 Å². The summed E-state index contributed by atoms with van der Waals surface area (Å²) in [6.45, 7) is 0. The van der Waals surface area contributed by atoms with Gasteiger partial charge in [-0.1, -0.05) is 6.07 Å². The van der Waals surface area contributed by atoms with Crippen LogP contribution in [0.25, 0.3) is 27.0 Å². The van der Waals surface area contributed by atoms with Crippen molar-refractivity contribution in [3.63, 3.8) is 0 Å². The van der Waals surface area contributed by atoms with Crippen molar-refractivity contribution in [2.45, 2.75) is 0 Å². The molecule has 5 nitrogen and oxygen atoms in total. The molecule has 0 aliphatic rings. The number of aldehydes is 1. The smallest absolute Gasteiger partial charge is 0.160 e. The second-order valence-corrected chi connectivity index (χ2v) is 5.92. The first kappa shape index (κ1) is 15.1. The van der Waals surface area contributed by atoms with E-state index in [9.17, 15) is 4.79 Å². The molecule has 114 valence electrons. The minimum atomic E-state index is 0.665. The molecule has 0 unspecified atom stereocenters. The van der Waals surface area contributed by atoms with Crippen molar-refractivity contribution in [1.29, 1.82) is 5.41 Å². The number of rotatable bonds is 5. The van der Waals surface area contributed by atoms with Crippen molar-refractivity contribution in [2.75, 3.05) is 7.05 Å². The summed E-state index contributed by atoms with van der Waals surface area (Å²) in [5.74, 6) is 0. The van der Waals surface area contributed by atoms with E-state index in [4.69, 9.17) is 5.41 Å². The number of aromatic nitrogens is 2. The highest BCUT2D eigenvalue weighted by Crippen LogP contribution is 2.32. The Hall–Kier alpha value is -2.86. The molecular formula is C17H14N4OS. The second-order valence-electron chi connectivity index (χ2n) is 4.81. The highest BCUT2D eigenvalue weighted by molar-refractivity contribution is 7.17. The normalized spacial score (nSPS) is 11.4. The van der Waals surface area contributed by atoms with Gasteiger partial charge in [0.2, 0.25) is 0 Å². The van der Waals surface area contributed by atoms with Gasteiger partial charge in [-0.2, -0.15) is 0 Å². The molecule has 23 heavy (non-hydrogen) atoms. The number of benzene rings is 1. The van der Waals surface area contributed by atoms with E-state index in [1.807, 2.05) is 24.3 Å². The lowest BCUT2D eigenvalue weighted by atomic mass is 10.0. The van der Waals surface area contributed by atoms with E-state index in [0.29, 0.717) is 4.88 Å². The number of thiophene rings is 1. The molecule has 0 saturated carbocycles. The first-order valence-electron chi connectivity index (χ1n) is 6.95. The van der Waals surface area contributed by atoms with Gasteiger partial charge >= 0.3 is 0 Å². The molecular weight excluding hydrogens is 308 g/mol. The maximum atomic E-state index is 10.9. The predicted molar refractivity (Wildman–Crippen MR) is 94.1 cm³/mol. The largest absolute Gasteiger partial charge is 0.393 e. The lowest BCUT2D eigenvalue weighted by molar-refractivity contribution is 0.112. The van der Waals surface area contributed by atoms with Crippen LogP contribution in [-0.4, -0.2) is 29.5 Å². The standard InChI is InChI=1S/C17H14N4OS/c1-19-8-12(7-18)11-2-4-15-14(6-11)17(21-10-20-15)16-5-3-13(9-22)23-16/h2-10,18-19H,1H3/b12-8+,18-7?. The van der Waals surface area contributed by atoms with Gasteiger partial charge in [-0.05, 0) is 29.8 Å². The number of hydrogen-bond donors (Lipinski definition) is 2. The van der Waals surface area contributed by atoms with E-state index in [2.05, 4.69) is 15.3 Å². The van der Waals surface area contributed by atoms with Gasteiger partial charge in [0.1, 0.15) is 6.33 Å². The summed E-state index contributed by atoms with van der Waals surface area (Å²) < 4.78 is 0. The van der Waals surface area contributed by atoms with Crippen molar-refractivity contribution in [1.82, 2.24) is 15.3 Å². The molecule has 0 bridgehead atoms. The monoisotopic (exact) mass is 322 g/mol. The molecule has 0 amide bonds. The van der Waals surface area contributed by atoms with Crippen molar-refractivity contribution in [3.8, 4) is 10.6 Å². The van der Waals surface area contributed by atoms with Gasteiger partial charge in [0.15, 0.2) is 6.29 Å². The van der Waals surface area contributed by atoms with Crippen LogP contribution >= 0.6 is 11.3 Å². The molecule has 2 aromatic heterocycles. The lowest BCUT2D eigenvalue weighted by Gasteiger charge is -2.07. The molecule has 1 aromatic carbocycles. The van der Waals surface area contributed by atoms with E-state index in [0.717, 1.165) is 38.9 Å². The third kappa shape index (κ3) is 2.89. The maximum Gasteiger partial charge on any atom is 0.160 e. The van der Waals surface area contributed by atoms with Crippen molar-refractivity contribution >= 4 is 40.3 Å². The summed E-state index contributed by atoms with van der Waals surface area (Å²) in [4.78, 5) is 21.2. The Balaban J connectivity index is 2.20. The van der Waals surface area contributed by atoms with Crippen LogP contribution in [0.5, 0.6) is 0 Å². The van der Waals surface area contributed by atoms with Crippen molar-refractivity contribution in [3.05, 3.63) is 53.3 Å². The number of nitrogens with one attached hydrogen (secondary N) is 2. The zero-order valence-corrected chi connectivity index (χ0v) is 13.2. The van der Waals surface area contributed by atoms with Crippen molar-refractivity contribution in [2.24, 2.45) is 0 Å². The Kier molecular flexibility index (Phi) is 4.25. The van der Waals surface area contributed by atoms with Gasteiger partial charge in [0.25, 0.3) is 0 Å². The van der Waals surface area contributed by atoms with E-state index >= 15 is 0 Å². The van der Waals surface area contributed by atoms with Crippen LogP contribution in [0.15, 0.2) is 42.9 Å². The highest BCUT2D eigenvalue weighted by Gasteiger charge is 2.10. The minimum absolute atomic E-state index is 0.665. The molecule has 0 aliphatic heterocycles. The second kappa shape index (κ2) is 6.50. The van der Waals surface area contributed by atoms with Crippen LogP contribution in [-0.2, 0) is 0 Å². The van der Waals surface area contributed by atoms with Crippen LogP contribution in [0.3, 0.4) is 0 Å². The molecule has 0 saturated heterocycles. The number of hydrogen-bond acceptors (Lipinski definition) is 6. The molecule has 2 heterocycles. The maximum absolute atomic E-state index is 10.9. The Morgan fingerprint density at radius 3 is 2.83 bits per heavy atom. The third-order valence-corrected chi connectivity index (χ3v) is 4.42. The first-order chi connectivity index (χ1) is 11.3. The Morgan fingerprint density at radius 2 is 2.13 bits per heavy atom. The topological polar surface area (TPSA) is 78.7 Å². The molecule has 0 radical (unpaired) electrons. The molecule has 2 N–H and O–H groups in total. The lowest BCUT2D eigenvalue weighted by Crippen LogP contribution is -1.97. The summed E-state index contributed by atoms with van der Waals surface area (Å²) in [6, 6.07) is 9.49. The van der Waals surface area contributed by atoms with Gasteiger partial charge in [-0.3, -0.25) is 4.79 Å². The number of carbonyl (C=O) groups is 1. The third-order valence-electron chi connectivity index (χ3n) is 3.40. The van der Waals surface area contributed by atoms with Crippen LogP contribution in [0.2, 0.25) is 0 Å². The molecule has 3 aromatic rings. The van der Waals surface area contributed by atoms with E-state index in [1.54, 1.807) is 19.3 Å². The van der Waals surface area contributed by atoms with E-state index in [-0.39, 0.29) is 0 Å². The predicted octanol–water partition coefficient (Wildman–Crippen LogP) is 3.38. The zero-order valence-electron chi connectivity index (χ0n) is 12.4. The zero-order chi connectivity index (χ0) is 16.2. The number of nitrogens with zero attached hydrogens (tertiary/aromatic N) is 2. The molecule has 0 atom stereocenters. The van der Waals surface area contributed by atoms with Crippen molar-refractivity contribution < 1.29 is 4.79 Å². The summed E-state index contributed by atoms with van der Waals surface area (Å²) in [5, 5.41) is 11.4. The number of carbonyl (C=O) groups excluding carboxylic acids is 1. The fourth-order valence-electron chi connectivity index (χ4n) is 2.34. The van der Waals surface area contributed by atoms with Gasteiger partial charge < -0.3 is 10.7 Å². The Labute approximate surface area is 137 Å². The highest BCUT2D eigenvalue weighted by atomic mass is 32.1. The fourth-order valence-corrected chi connectivity index (χ4v) is 3.17. The van der Waals surface area contributed by atoms with Gasteiger partial charge in [0.05, 0.1) is 21.0 Å². The van der Waals surface area contributed by atoms with Gasteiger partial charge in [-0.25, -0.2) is 9.97 Å². The molecule has 0 aliphatic carbocycles. The van der Waals surface area contributed by atoms with Gasteiger partial charge in [0, 0.05) is 30.4 Å². The quantitative estimate of drug-likeness (QED) is 0.557. The Morgan fingerprint density at radius 1 is 1.26 bits per heavy atom. The number of fused-ring (bicyclic) bond motifs is 1. The molecule has 6 heteroatoms.